The third kappa shape index (κ3) is 1.86. The van der Waals surface area contributed by atoms with Crippen molar-refractivity contribution in [1.29, 1.82) is 0 Å². The zero-order valence-corrected chi connectivity index (χ0v) is 10.5. The van der Waals surface area contributed by atoms with E-state index in [1.54, 1.807) is 24.3 Å². The van der Waals surface area contributed by atoms with Crippen molar-refractivity contribution < 1.29 is 9.59 Å². The lowest BCUT2D eigenvalue weighted by atomic mass is 10.1. The molecule has 1 aliphatic rings. The number of nitrogens with one attached hydrogen (secondary N) is 1. The summed E-state index contributed by atoms with van der Waals surface area (Å²) in [7, 11) is 0. The molecule has 3 N–H and O–H groups in total. The second kappa shape index (κ2) is 4.41. The number of hydrogen-bond donors (Lipinski definition) is 2. The van der Waals surface area contributed by atoms with Crippen LogP contribution < -0.4 is 11.3 Å². The number of carbonyl (C=O) groups is 2. The molecule has 8 heteroatoms. The lowest BCUT2D eigenvalue weighted by molar-refractivity contribution is 0.0642. The molecule has 0 atom stereocenters. The smallest absolute Gasteiger partial charge is 0.261 e. The van der Waals surface area contributed by atoms with Crippen LogP contribution in [-0.4, -0.2) is 26.9 Å². The predicted molar refractivity (Wildman–Crippen MR) is 68.4 cm³/mol. The van der Waals surface area contributed by atoms with E-state index in [4.69, 9.17) is 5.84 Å². The normalized spacial score (nSPS) is 13.8. The highest BCUT2D eigenvalue weighted by Gasteiger charge is 2.35. The van der Waals surface area contributed by atoms with Crippen LogP contribution in [0.15, 0.2) is 24.3 Å². The molecule has 2 aromatic rings. The predicted octanol–water partition coefficient (Wildman–Crippen LogP) is 0.620. The number of anilines is 1. The summed E-state index contributed by atoms with van der Waals surface area (Å²) in [5, 5.41) is 8.60. The Kier molecular flexibility index (Phi) is 2.73. The van der Waals surface area contributed by atoms with Crippen molar-refractivity contribution in [3.8, 4) is 0 Å². The van der Waals surface area contributed by atoms with E-state index in [2.05, 4.69) is 15.6 Å². The molecule has 2 amide bonds. The molecule has 0 saturated heterocycles. The first-order valence-corrected chi connectivity index (χ1v) is 6.26. The van der Waals surface area contributed by atoms with E-state index < -0.39 is 0 Å². The van der Waals surface area contributed by atoms with Gasteiger partial charge < -0.3 is 0 Å². The van der Waals surface area contributed by atoms with Gasteiger partial charge in [-0.05, 0) is 12.1 Å². The molecule has 19 heavy (non-hydrogen) atoms. The van der Waals surface area contributed by atoms with Gasteiger partial charge in [0.05, 0.1) is 17.7 Å². The number of hydrogen-bond acceptors (Lipinski definition) is 7. The first-order chi connectivity index (χ1) is 9.20. The van der Waals surface area contributed by atoms with E-state index >= 15 is 0 Å². The van der Waals surface area contributed by atoms with Crippen molar-refractivity contribution in [1.82, 2.24) is 15.1 Å². The van der Waals surface area contributed by atoms with Gasteiger partial charge >= 0.3 is 0 Å². The highest BCUT2D eigenvalue weighted by Crippen LogP contribution is 2.25. The van der Waals surface area contributed by atoms with E-state index in [1.165, 1.54) is 11.3 Å². The molecule has 0 unspecified atom stereocenters. The number of carbonyl (C=O) groups excluding carboxylic acids is 2. The number of nitrogen functional groups attached to an aromatic ring is 1. The number of nitrogens with zero attached hydrogens (tertiary/aromatic N) is 3. The third-order valence-corrected chi connectivity index (χ3v) is 3.60. The van der Waals surface area contributed by atoms with Crippen LogP contribution in [0.1, 0.15) is 25.7 Å². The van der Waals surface area contributed by atoms with E-state index in [-0.39, 0.29) is 18.4 Å². The van der Waals surface area contributed by atoms with Crippen LogP contribution in [0.4, 0.5) is 5.13 Å². The highest BCUT2D eigenvalue weighted by molar-refractivity contribution is 7.15. The van der Waals surface area contributed by atoms with Gasteiger partial charge in [-0.15, -0.1) is 10.2 Å². The molecule has 2 heterocycles. The molecule has 7 nitrogen and oxygen atoms in total. The molecule has 96 valence electrons. The summed E-state index contributed by atoms with van der Waals surface area (Å²) in [6.45, 7) is 0.103. The minimum absolute atomic E-state index is 0.103. The van der Waals surface area contributed by atoms with Crippen LogP contribution in [0.25, 0.3) is 0 Å². The lowest BCUT2D eigenvalue weighted by Gasteiger charge is -2.10. The Morgan fingerprint density at radius 3 is 2.32 bits per heavy atom. The molecule has 0 fully saturated rings. The molecule has 1 aromatic heterocycles. The zero-order valence-electron chi connectivity index (χ0n) is 9.66. The number of benzene rings is 1. The van der Waals surface area contributed by atoms with E-state index in [1.807, 2.05) is 0 Å². The van der Waals surface area contributed by atoms with E-state index in [9.17, 15) is 9.59 Å². The van der Waals surface area contributed by atoms with Crippen molar-refractivity contribution in [3.05, 3.63) is 40.4 Å². The van der Waals surface area contributed by atoms with Gasteiger partial charge in [0.1, 0.15) is 5.01 Å². The fourth-order valence-electron chi connectivity index (χ4n) is 1.89. The Balaban J connectivity index is 1.88. The number of amides is 2. The lowest BCUT2D eigenvalue weighted by Crippen LogP contribution is -2.29. The summed E-state index contributed by atoms with van der Waals surface area (Å²) in [5.74, 6) is 4.59. The average molecular weight is 275 g/mol. The Hall–Kier alpha value is -2.32. The van der Waals surface area contributed by atoms with Crippen molar-refractivity contribution in [3.63, 3.8) is 0 Å². The molecule has 0 radical (unpaired) electrons. The summed E-state index contributed by atoms with van der Waals surface area (Å²) in [6, 6.07) is 6.74. The monoisotopic (exact) mass is 275 g/mol. The molecule has 0 spiro atoms. The average Bonchev–Trinajstić information content (AvgIpc) is 2.99. The maximum atomic E-state index is 12.1. The summed E-state index contributed by atoms with van der Waals surface area (Å²) in [4.78, 5) is 25.4. The van der Waals surface area contributed by atoms with E-state index in [0.29, 0.717) is 21.3 Å². The standard InChI is InChI=1S/C11H9N5O2S/c12-13-11-15-14-8(19-11)5-16-9(17)6-3-1-2-4-7(6)10(16)18/h1-4H,5,12H2,(H,13,15). The summed E-state index contributed by atoms with van der Waals surface area (Å²) < 4.78 is 0. The van der Waals surface area contributed by atoms with Crippen LogP contribution in [0.3, 0.4) is 0 Å². The topological polar surface area (TPSA) is 101 Å². The van der Waals surface area contributed by atoms with Crippen LogP contribution in [-0.2, 0) is 6.54 Å². The fourth-order valence-corrected chi connectivity index (χ4v) is 2.53. The van der Waals surface area contributed by atoms with Crippen molar-refractivity contribution >= 4 is 28.3 Å². The number of nitrogens with two attached hydrogens (primary N) is 1. The van der Waals surface area contributed by atoms with Crippen LogP contribution in [0.5, 0.6) is 0 Å². The first-order valence-electron chi connectivity index (χ1n) is 5.45. The number of rotatable bonds is 3. The first kappa shape index (κ1) is 11.8. The second-order valence-electron chi connectivity index (χ2n) is 3.89. The van der Waals surface area contributed by atoms with Crippen LogP contribution in [0, 0.1) is 0 Å². The number of fused-ring (bicyclic) bond motifs is 1. The molecule has 0 aliphatic carbocycles. The molecule has 1 aliphatic heterocycles. The minimum atomic E-state index is -0.307. The zero-order chi connectivity index (χ0) is 13.4. The largest absolute Gasteiger partial charge is 0.298 e. The third-order valence-electron chi connectivity index (χ3n) is 2.76. The van der Waals surface area contributed by atoms with Crippen LogP contribution >= 0.6 is 11.3 Å². The Morgan fingerprint density at radius 2 is 1.79 bits per heavy atom. The van der Waals surface area contributed by atoms with Gasteiger partial charge in [-0.3, -0.25) is 19.9 Å². The van der Waals surface area contributed by atoms with Crippen molar-refractivity contribution in [2.75, 3.05) is 5.43 Å². The van der Waals surface area contributed by atoms with Gasteiger partial charge in [-0.25, -0.2) is 5.84 Å². The Morgan fingerprint density at radius 1 is 1.16 bits per heavy atom. The maximum Gasteiger partial charge on any atom is 0.261 e. The molecule has 0 saturated carbocycles. The fraction of sp³-hybridized carbons (Fsp3) is 0.0909. The summed E-state index contributed by atoms with van der Waals surface area (Å²) >= 11 is 1.20. The van der Waals surface area contributed by atoms with E-state index in [0.717, 1.165) is 4.90 Å². The van der Waals surface area contributed by atoms with Gasteiger partial charge in [0, 0.05) is 0 Å². The number of aromatic nitrogens is 2. The molecular formula is C11H9N5O2S. The number of imide groups is 1. The molecule has 0 bridgehead atoms. The Labute approximate surface area is 112 Å². The second-order valence-corrected chi connectivity index (χ2v) is 4.95. The van der Waals surface area contributed by atoms with Gasteiger partial charge in [0.15, 0.2) is 0 Å². The van der Waals surface area contributed by atoms with Gasteiger partial charge in [-0.2, -0.15) is 0 Å². The van der Waals surface area contributed by atoms with Gasteiger partial charge in [0.2, 0.25) is 5.13 Å². The maximum absolute atomic E-state index is 12.1. The number of hydrazine groups is 1. The van der Waals surface area contributed by atoms with Gasteiger partial charge in [-0.1, -0.05) is 23.5 Å². The highest BCUT2D eigenvalue weighted by atomic mass is 32.1. The minimum Gasteiger partial charge on any atom is -0.298 e. The van der Waals surface area contributed by atoms with Crippen molar-refractivity contribution in [2.24, 2.45) is 5.84 Å². The summed E-state index contributed by atoms with van der Waals surface area (Å²) in [5.41, 5.74) is 3.22. The quantitative estimate of drug-likeness (QED) is 0.484. The van der Waals surface area contributed by atoms with Crippen molar-refractivity contribution in [2.45, 2.75) is 6.54 Å². The molecular weight excluding hydrogens is 266 g/mol. The van der Waals surface area contributed by atoms with Crippen LogP contribution in [0.2, 0.25) is 0 Å². The summed E-state index contributed by atoms with van der Waals surface area (Å²) in [6.07, 6.45) is 0. The van der Waals surface area contributed by atoms with Gasteiger partial charge in [0.25, 0.3) is 11.8 Å². The molecule has 3 rings (SSSR count). The Bertz CT molecular complexity index is 634. The molecule has 1 aromatic carbocycles. The SMILES string of the molecule is NNc1nnc(CN2C(=O)c3ccccc3C2=O)s1.